The zero-order valence-electron chi connectivity index (χ0n) is 17.0. The number of piperidine rings is 1. The lowest BCUT2D eigenvalue weighted by Gasteiger charge is -2.30. The maximum absolute atomic E-state index is 12.8. The number of ether oxygens (including phenoxy) is 2. The number of hydrogen-bond donors (Lipinski definition) is 1. The van der Waals surface area contributed by atoms with Crippen molar-refractivity contribution in [3.05, 3.63) is 24.3 Å². The smallest absolute Gasteiger partial charge is 0.243 e. The minimum absolute atomic E-state index is 0.00246. The molecule has 0 atom stereocenters. The molecule has 0 spiro atoms. The molecule has 1 fully saturated rings. The Morgan fingerprint density at radius 1 is 1.21 bits per heavy atom. The molecule has 1 saturated heterocycles. The molecule has 158 valence electrons. The topological polar surface area (TPSA) is 84.9 Å². The highest BCUT2D eigenvalue weighted by Gasteiger charge is 2.31. The van der Waals surface area contributed by atoms with Crippen molar-refractivity contribution >= 4 is 15.9 Å². The van der Waals surface area contributed by atoms with Crippen molar-refractivity contribution in [2.75, 3.05) is 32.8 Å². The Labute approximate surface area is 168 Å². The van der Waals surface area contributed by atoms with Gasteiger partial charge in [-0.1, -0.05) is 0 Å². The van der Waals surface area contributed by atoms with E-state index in [0.29, 0.717) is 51.4 Å². The molecule has 1 aromatic carbocycles. The van der Waals surface area contributed by atoms with Gasteiger partial charge < -0.3 is 14.8 Å². The van der Waals surface area contributed by atoms with Crippen molar-refractivity contribution in [1.29, 1.82) is 0 Å². The lowest BCUT2D eigenvalue weighted by molar-refractivity contribution is -0.126. The van der Waals surface area contributed by atoms with Gasteiger partial charge in [-0.15, -0.1) is 0 Å². The predicted octanol–water partition coefficient (Wildman–Crippen LogP) is 2.42. The number of carbonyl (C=O) groups excluding carboxylic acids is 1. The monoisotopic (exact) mass is 412 g/mol. The van der Waals surface area contributed by atoms with Gasteiger partial charge >= 0.3 is 0 Å². The molecule has 1 N–H and O–H groups in total. The van der Waals surface area contributed by atoms with Crippen molar-refractivity contribution < 1.29 is 22.7 Å². The quantitative estimate of drug-likeness (QED) is 0.597. The Balaban J connectivity index is 1.81. The van der Waals surface area contributed by atoms with Gasteiger partial charge in [0.1, 0.15) is 5.75 Å². The largest absolute Gasteiger partial charge is 0.494 e. The third kappa shape index (κ3) is 6.46. The normalized spacial score (nSPS) is 16.3. The molecular formula is C20H32N2O5S. The van der Waals surface area contributed by atoms with Gasteiger partial charge in [0, 0.05) is 32.2 Å². The lowest BCUT2D eigenvalue weighted by atomic mass is 9.97. The van der Waals surface area contributed by atoms with Gasteiger partial charge in [-0.25, -0.2) is 8.42 Å². The van der Waals surface area contributed by atoms with Crippen LogP contribution >= 0.6 is 0 Å². The molecule has 0 unspecified atom stereocenters. The van der Waals surface area contributed by atoms with E-state index < -0.39 is 10.0 Å². The van der Waals surface area contributed by atoms with E-state index in [4.69, 9.17) is 9.47 Å². The first-order chi connectivity index (χ1) is 13.3. The number of amides is 1. The highest BCUT2D eigenvalue weighted by molar-refractivity contribution is 7.89. The molecular weight excluding hydrogens is 380 g/mol. The molecule has 1 aliphatic heterocycles. The average Bonchev–Trinajstić information content (AvgIpc) is 2.68. The van der Waals surface area contributed by atoms with Gasteiger partial charge in [-0.05, 0) is 64.3 Å². The lowest BCUT2D eigenvalue weighted by Crippen LogP contribution is -2.43. The van der Waals surface area contributed by atoms with Crippen LogP contribution in [0, 0.1) is 5.92 Å². The van der Waals surface area contributed by atoms with Crippen molar-refractivity contribution in [2.24, 2.45) is 5.92 Å². The summed E-state index contributed by atoms with van der Waals surface area (Å²) in [6, 6.07) is 6.47. The molecule has 1 aromatic rings. The molecule has 0 saturated carbocycles. The van der Waals surface area contributed by atoms with Crippen LogP contribution in [0.4, 0.5) is 0 Å². The molecule has 8 heteroatoms. The third-order valence-corrected chi connectivity index (χ3v) is 6.58. The summed E-state index contributed by atoms with van der Waals surface area (Å²) in [7, 11) is -3.55. The highest BCUT2D eigenvalue weighted by atomic mass is 32.2. The minimum Gasteiger partial charge on any atom is -0.494 e. The summed E-state index contributed by atoms with van der Waals surface area (Å²) in [4.78, 5) is 12.5. The minimum atomic E-state index is -3.55. The number of nitrogens with zero attached hydrogens (tertiary/aromatic N) is 1. The fourth-order valence-corrected chi connectivity index (χ4v) is 4.60. The van der Waals surface area contributed by atoms with Gasteiger partial charge in [0.25, 0.3) is 0 Å². The Hall–Kier alpha value is -1.64. The van der Waals surface area contributed by atoms with Crippen LogP contribution in [0.15, 0.2) is 29.2 Å². The van der Waals surface area contributed by atoms with Crippen LogP contribution in [0.5, 0.6) is 5.75 Å². The van der Waals surface area contributed by atoms with Gasteiger partial charge in [0.15, 0.2) is 0 Å². The molecule has 0 aliphatic carbocycles. The van der Waals surface area contributed by atoms with Crippen LogP contribution in [0.1, 0.15) is 40.0 Å². The summed E-state index contributed by atoms with van der Waals surface area (Å²) < 4.78 is 37.9. The van der Waals surface area contributed by atoms with Crippen molar-refractivity contribution in [1.82, 2.24) is 9.62 Å². The third-order valence-electron chi connectivity index (χ3n) is 4.67. The number of benzene rings is 1. The molecule has 28 heavy (non-hydrogen) atoms. The highest BCUT2D eigenvalue weighted by Crippen LogP contribution is 2.25. The van der Waals surface area contributed by atoms with E-state index in [2.05, 4.69) is 5.32 Å². The van der Waals surface area contributed by atoms with Crippen LogP contribution in [0.2, 0.25) is 0 Å². The predicted molar refractivity (Wildman–Crippen MR) is 108 cm³/mol. The fourth-order valence-electron chi connectivity index (χ4n) is 3.13. The zero-order valence-corrected chi connectivity index (χ0v) is 17.8. The van der Waals surface area contributed by atoms with Gasteiger partial charge in [0.2, 0.25) is 15.9 Å². The first-order valence-corrected chi connectivity index (χ1v) is 11.4. The fraction of sp³-hybridized carbons (Fsp3) is 0.650. The first-order valence-electron chi connectivity index (χ1n) is 9.97. The maximum atomic E-state index is 12.8. The second-order valence-corrected chi connectivity index (χ2v) is 9.08. The van der Waals surface area contributed by atoms with E-state index in [1.54, 1.807) is 24.3 Å². The van der Waals surface area contributed by atoms with Gasteiger partial charge in [0.05, 0.1) is 17.6 Å². The van der Waals surface area contributed by atoms with Crippen molar-refractivity contribution in [3.8, 4) is 5.75 Å². The Kier molecular flexibility index (Phi) is 8.72. The van der Waals surface area contributed by atoms with Crippen LogP contribution in [0.25, 0.3) is 0 Å². The van der Waals surface area contributed by atoms with E-state index in [1.807, 2.05) is 20.8 Å². The summed E-state index contributed by atoms with van der Waals surface area (Å²) in [5.41, 5.74) is 0. The Morgan fingerprint density at radius 3 is 2.43 bits per heavy atom. The van der Waals surface area contributed by atoms with E-state index in [1.165, 1.54) is 4.31 Å². The van der Waals surface area contributed by atoms with Crippen molar-refractivity contribution in [3.63, 3.8) is 0 Å². The summed E-state index contributed by atoms with van der Waals surface area (Å²) >= 11 is 0. The van der Waals surface area contributed by atoms with Gasteiger partial charge in [-0.2, -0.15) is 4.31 Å². The standard InChI is InChI=1S/C20H32N2O5S/c1-4-26-18-6-8-19(9-7-18)28(24,25)22-13-10-17(11-14-22)20(23)21-12-5-15-27-16(2)3/h6-9,16-17H,4-5,10-15H2,1-3H3,(H,21,23). The van der Waals surface area contributed by atoms with E-state index in [0.717, 1.165) is 6.42 Å². The molecule has 7 nitrogen and oxygen atoms in total. The number of sulfonamides is 1. The second kappa shape index (κ2) is 10.8. The Morgan fingerprint density at radius 2 is 1.86 bits per heavy atom. The van der Waals surface area contributed by atoms with E-state index >= 15 is 0 Å². The molecule has 2 rings (SSSR count). The zero-order chi connectivity index (χ0) is 20.6. The molecule has 1 amide bonds. The SMILES string of the molecule is CCOc1ccc(S(=O)(=O)N2CCC(C(=O)NCCCOC(C)C)CC2)cc1. The van der Waals surface area contributed by atoms with Gasteiger partial charge in [-0.3, -0.25) is 4.79 Å². The summed E-state index contributed by atoms with van der Waals surface area (Å²) in [5.74, 6) is 0.510. The maximum Gasteiger partial charge on any atom is 0.243 e. The molecule has 1 heterocycles. The number of hydrogen-bond acceptors (Lipinski definition) is 5. The summed E-state index contributed by atoms with van der Waals surface area (Å²) in [6.45, 7) is 8.28. The molecule has 0 bridgehead atoms. The van der Waals surface area contributed by atoms with Crippen molar-refractivity contribution in [2.45, 2.75) is 51.0 Å². The molecule has 1 aliphatic rings. The summed E-state index contributed by atoms with van der Waals surface area (Å²) in [6.07, 6.45) is 2.03. The summed E-state index contributed by atoms with van der Waals surface area (Å²) in [5, 5.41) is 2.93. The second-order valence-electron chi connectivity index (χ2n) is 7.15. The number of nitrogens with one attached hydrogen (secondary N) is 1. The van der Waals surface area contributed by atoms with Crippen LogP contribution in [-0.4, -0.2) is 57.6 Å². The molecule has 0 aromatic heterocycles. The molecule has 0 radical (unpaired) electrons. The van der Waals surface area contributed by atoms with Crippen LogP contribution in [-0.2, 0) is 19.6 Å². The Bertz CT molecular complexity index is 711. The number of rotatable bonds is 10. The number of carbonyl (C=O) groups is 1. The first kappa shape index (κ1) is 22.6. The van der Waals surface area contributed by atoms with E-state index in [-0.39, 0.29) is 22.8 Å². The van der Waals surface area contributed by atoms with E-state index in [9.17, 15) is 13.2 Å². The van der Waals surface area contributed by atoms with Crippen LogP contribution < -0.4 is 10.1 Å². The average molecular weight is 413 g/mol. The van der Waals surface area contributed by atoms with Crippen LogP contribution in [0.3, 0.4) is 0 Å².